The van der Waals surface area contributed by atoms with Gasteiger partial charge in [0, 0.05) is 23.2 Å². The molecular formula is C22H27NO3. The van der Waals surface area contributed by atoms with Crippen LogP contribution in [0.5, 0.6) is 11.5 Å². The van der Waals surface area contributed by atoms with Gasteiger partial charge in [-0.1, -0.05) is 30.3 Å². The van der Waals surface area contributed by atoms with Gasteiger partial charge in [-0.3, -0.25) is 4.79 Å². The second-order valence-corrected chi connectivity index (χ2v) is 7.57. The Morgan fingerprint density at radius 2 is 1.85 bits per heavy atom. The van der Waals surface area contributed by atoms with Gasteiger partial charge in [0.15, 0.2) is 17.3 Å². The van der Waals surface area contributed by atoms with Gasteiger partial charge in [-0.15, -0.1) is 0 Å². The highest BCUT2D eigenvalue weighted by Gasteiger charge is 2.29. The van der Waals surface area contributed by atoms with Crippen molar-refractivity contribution in [1.82, 2.24) is 0 Å². The van der Waals surface area contributed by atoms with E-state index in [1.807, 2.05) is 24.3 Å². The summed E-state index contributed by atoms with van der Waals surface area (Å²) in [5.41, 5.74) is 2.13. The minimum absolute atomic E-state index is 0.114. The maximum atomic E-state index is 11.8. The molecule has 0 atom stereocenters. The van der Waals surface area contributed by atoms with E-state index in [9.17, 15) is 4.79 Å². The molecule has 0 bridgehead atoms. The number of methoxy groups -OCH3 is 1. The average Bonchev–Trinajstić information content (AvgIpc) is 3.45. The summed E-state index contributed by atoms with van der Waals surface area (Å²) in [7, 11) is 1.61. The van der Waals surface area contributed by atoms with E-state index in [0.29, 0.717) is 11.5 Å². The van der Waals surface area contributed by atoms with Crippen molar-refractivity contribution in [2.75, 3.05) is 19.0 Å². The van der Waals surface area contributed by atoms with Crippen molar-refractivity contribution in [2.45, 2.75) is 38.6 Å². The van der Waals surface area contributed by atoms with Crippen molar-refractivity contribution >= 4 is 11.5 Å². The molecule has 0 aromatic heterocycles. The van der Waals surface area contributed by atoms with E-state index in [-0.39, 0.29) is 23.8 Å². The van der Waals surface area contributed by atoms with E-state index >= 15 is 0 Å². The van der Waals surface area contributed by atoms with Gasteiger partial charge in [0.25, 0.3) is 0 Å². The quantitative estimate of drug-likeness (QED) is 0.722. The summed E-state index contributed by atoms with van der Waals surface area (Å²) in [4.78, 5) is 11.8. The highest BCUT2D eigenvalue weighted by molar-refractivity contribution is 5.84. The van der Waals surface area contributed by atoms with Crippen molar-refractivity contribution in [1.29, 1.82) is 0 Å². The molecule has 0 saturated heterocycles. The molecule has 1 fully saturated rings. The van der Waals surface area contributed by atoms with Crippen LogP contribution in [0.15, 0.2) is 48.5 Å². The molecule has 3 rings (SSSR count). The number of Topliss-reactive ketones (excluding diaryl/α,β-unsaturated/α-hetero) is 1. The highest BCUT2D eigenvalue weighted by Crippen LogP contribution is 2.33. The normalized spacial score (nSPS) is 14.0. The van der Waals surface area contributed by atoms with Crippen molar-refractivity contribution in [3.05, 3.63) is 54.1 Å². The molecule has 0 heterocycles. The Hall–Kier alpha value is -2.49. The fraction of sp³-hybridized carbons (Fsp3) is 0.409. The second-order valence-electron chi connectivity index (χ2n) is 7.57. The van der Waals surface area contributed by atoms with Gasteiger partial charge in [-0.2, -0.15) is 0 Å². The second kappa shape index (κ2) is 7.81. The third-order valence-corrected chi connectivity index (χ3v) is 4.54. The van der Waals surface area contributed by atoms with Crippen LogP contribution in [0.2, 0.25) is 0 Å². The number of ether oxygens (including phenoxy) is 2. The third kappa shape index (κ3) is 5.01. The molecular weight excluding hydrogens is 326 g/mol. The number of benzene rings is 2. The molecule has 1 aliphatic rings. The first-order valence-electron chi connectivity index (χ1n) is 9.12. The van der Waals surface area contributed by atoms with Crippen LogP contribution in [0.4, 0.5) is 5.69 Å². The number of nitrogens with one attached hydrogen (secondary N) is 1. The Balaban J connectivity index is 1.64. The van der Waals surface area contributed by atoms with Crippen LogP contribution in [0, 0.1) is 5.92 Å². The Morgan fingerprint density at radius 1 is 1.12 bits per heavy atom. The van der Waals surface area contributed by atoms with Crippen LogP contribution >= 0.6 is 0 Å². The zero-order valence-corrected chi connectivity index (χ0v) is 15.7. The summed E-state index contributed by atoms with van der Waals surface area (Å²) in [5, 5.41) is 3.56. The lowest BCUT2D eigenvalue weighted by molar-refractivity contribution is -0.122. The predicted molar refractivity (Wildman–Crippen MR) is 104 cm³/mol. The highest BCUT2D eigenvalue weighted by atomic mass is 16.5. The molecule has 0 radical (unpaired) electrons. The van der Waals surface area contributed by atoms with Crippen molar-refractivity contribution in [3.63, 3.8) is 0 Å². The molecule has 4 heteroatoms. The zero-order valence-electron chi connectivity index (χ0n) is 15.7. The zero-order chi connectivity index (χ0) is 18.6. The van der Waals surface area contributed by atoms with E-state index < -0.39 is 0 Å². The lowest BCUT2D eigenvalue weighted by atomic mass is 9.94. The summed E-state index contributed by atoms with van der Waals surface area (Å²) < 4.78 is 11.1. The SMILES string of the molecule is COc1cc(NC(C)(C)Cc2ccccc2)ccc1OCC(=O)C1CC1. The Bertz CT molecular complexity index is 751. The summed E-state index contributed by atoms with van der Waals surface area (Å²) in [6.45, 7) is 4.46. The maximum absolute atomic E-state index is 11.8. The minimum atomic E-state index is -0.114. The molecule has 1 N–H and O–H groups in total. The molecule has 0 unspecified atom stereocenters. The molecule has 0 aliphatic heterocycles. The molecule has 0 amide bonds. The van der Waals surface area contributed by atoms with Gasteiger partial charge in [-0.05, 0) is 50.8 Å². The van der Waals surface area contributed by atoms with Gasteiger partial charge in [0.1, 0.15) is 6.61 Å². The minimum Gasteiger partial charge on any atom is -0.493 e. The van der Waals surface area contributed by atoms with Gasteiger partial charge in [-0.25, -0.2) is 0 Å². The molecule has 4 nitrogen and oxygen atoms in total. The maximum Gasteiger partial charge on any atom is 0.173 e. The molecule has 1 aliphatic carbocycles. The largest absolute Gasteiger partial charge is 0.493 e. The van der Waals surface area contributed by atoms with Gasteiger partial charge in [0.05, 0.1) is 7.11 Å². The first kappa shape index (κ1) is 18.3. The van der Waals surface area contributed by atoms with Crippen LogP contribution in [-0.4, -0.2) is 25.0 Å². The Morgan fingerprint density at radius 3 is 2.50 bits per heavy atom. The van der Waals surface area contributed by atoms with Crippen LogP contribution in [0.3, 0.4) is 0 Å². The van der Waals surface area contributed by atoms with Gasteiger partial charge >= 0.3 is 0 Å². The third-order valence-electron chi connectivity index (χ3n) is 4.54. The van der Waals surface area contributed by atoms with E-state index in [4.69, 9.17) is 9.47 Å². The van der Waals surface area contributed by atoms with Crippen LogP contribution in [-0.2, 0) is 11.2 Å². The molecule has 2 aromatic carbocycles. The van der Waals surface area contributed by atoms with Crippen LogP contribution < -0.4 is 14.8 Å². The topological polar surface area (TPSA) is 47.6 Å². The lowest BCUT2D eigenvalue weighted by Crippen LogP contribution is -2.33. The summed E-state index contributed by atoms with van der Waals surface area (Å²) in [6, 6.07) is 16.2. The first-order valence-corrected chi connectivity index (χ1v) is 9.12. The molecule has 138 valence electrons. The number of carbonyl (C=O) groups excluding carboxylic acids is 1. The molecule has 2 aromatic rings. The van der Waals surface area contributed by atoms with Gasteiger partial charge < -0.3 is 14.8 Å². The number of carbonyl (C=O) groups is 1. The predicted octanol–water partition coefficient (Wildman–Crippen LogP) is 4.49. The van der Waals surface area contributed by atoms with Crippen molar-refractivity contribution in [2.24, 2.45) is 5.92 Å². The summed E-state index contributed by atoms with van der Waals surface area (Å²) in [5.74, 6) is 1.63. The summed E-state index contributed by atoms with van der Waals surface area (Å²) in [6.07, 6.45) is 2.90. The molecule has 0 spiro atoms. The smallest absolute Gasteiger partial charge is 0.173 e. The first-order chi connectivity index (χ1) is 12.5. The van der Waals surface area contributed by atoms with Crippen molar-refractivity contribution < 1.29 is 14.3 Å². The number of ketones is 1. The molecule has 1 saturated carbocycles. The standard InChI is InChI=1S/C22H27NO3/c1-22(2,14-16-7-5-4-6-8-16)23-18-11-12-20(21(13-18)25-3)26-15-19(24)17-9-10-17/h4-8,11-13,17,23H,9-10,14-15H2,1-3H3. The van der Waals surface area contributed by atoms with E-state index in [2.05, 4.69) is 43.4 Å². The molecule has 26 heavy (non-hydrogen) atoms. The van der Waals surface area contributed by atoms with E-state index in [1.165, 1.54) is 5.56 Å². The fourth-order valence-electron chi connectivity index (χ4n) is 3.08. The van der Waals surface area contributed by atoms with E-state index in [0.717, 1.165) is 24.9 Å². The Labute approximate surface area is 155 Å². The van der Waals surface area contributed by atoms with Gasteiger partial charge in [0.2, 0.25) is 0 Å². The van der Waals surface area contributed by atoms with E-state index in [1.54, 1.807) is 7.11 Å². The number of rotatable bonds is 9. The lowest BCUT2D eigenvalue weighted by Gasteiger charge is -2.28. The number of hydrogen-bond donors (Lipinski definition) is 1. The van der Waals surface area contributed by atoms with Crippen LogP contribution in [0.1, 0.15) is 32.3 Å². The average molecular weight is 353 g/mol. The van der Waals surface area contributed by atoms with Crippen molar-refractivity contribution in [3.8, 4) is 11.5 Å². The monoisotopic (exact) mass is 353 g/mol. The van der Waals surface area contributed by atoms with Crippen LogP contribution in [0.25, 0.3) is 0 Å². The Kier molecular flexibility index (Phi) is 5.50. The fourth-order valence-corrected chi connectivity index (χ4v) is 3.08. The number of hydrogen-bond acceptors (Lipinski definition) is 4. The summed E-state index contributed by atoms with van der Waals surface area (Å²) >= 11 is 0. The number of anilines is 1.